The van der Waals surface area contributed by atoms with Gasteiger partial charge in [0.25, 0.3) is 0 Å². The maximum atomic E-state index is 5.42. The highest BCUT2D eigenvalue weighted by Crippen LogP contribution is 2.32. The zero-order chi connectivity index (χ0) is 19.6. The van der Waals surface area contributed by atoms with Crippen LogP contribution < -0.4 is 5.32 Å². The average Bonchev–Trinajstić information content (AvgIpc) is 2.74. The molecular weight excluding hydrogens is 475 g/mol. The minimum absolute atomic E-state index is 0. The summed E-state index contributed by atoms with van der Waals surface area (Å²) < 4.78 is 5.42. The molecule has 2 aliphatic rings. The van der Waals surface area contributed by atoms with E-state index in [1.165, 1.54) is 24.9 Å². The van der Waals surface area contributed by atoms with Gasteiger partial charge in [0.2, 0.25) is 0 Å². The van der Waals surface area contributed by atoms with E-state index in [2.05, 4.69) is 59.3 Å². The number of rotatable bonds is 7. The van der Waals surface area contributed by atoms with Gasteiger partial charge in [-0.2, -0.15) is 0 Å². The van der Waals surface area contributed by atoms with Crippen molar-refractivity contribution in [1.82, 2.24) is 15.1 Å². The summed E-state index contributed by atoms with van der Waals surface area (Å²) in [6.45, 7) is 13.7. The molecule has 0 amide bonds. The summed E-state index contributed by atoms with van der Waals surface area (Å²) in [7, 11) is 0. The lowest BCUT2D eigenvalue weighted by molar-refractivity contribution is 0.0373. The van der Waals surface area contributed by atoms with E-state index in [0.29, 0.717) is 11.8 Å². The van der Waals surface area contributed by atoms with Crippen molar-refractivity contribution in [2.45, 2.75) is 39.0 Å². The molecule has 0 aromatic heterocycles. The Labute approximate surface area is 194 Å². The highest BCUT2D eigenvalue weighted by atomic mass is 127. The first-order valence-corrected chi connectivity index (χ1v) is 11.2. The lowest BCUT2D eigenvalue weighted by Crippen LogP contribution is -2.48. The fourth-order valence-electron chi connectivity index (χ4n) is 4.42. The van der Waals surface area contributed by atoms with E-state index in [4.69, 9.17) is 9.73 Å². The molecule has 2 fully saturated rings. The largest absolute Gasteiger partial charge is 0.379 e. The Morgan fingerprint density at radius 1 is 1.14 bits per heavy atom. The van der Waals surface area contributed by atoms with E-state index < -0.39 is 0 Å². The molecule has 1 aromatic carbocycles. The minimum atomic E-state index is 0. The summed E-state index contributed by atoms with van der Waals surface area (Å²) in [5, 5.41) is 3.52. The van der Waals surface area contributed by atoms with E-state index in [0.717, 1.165) is 64.9 Å². The van der Waals surface area contributed by atoms with Crippen molar-refractivity contribution in [2.75, 3.05) is 59.0 Å². The normalized spacial score (nSPS) is 23.5. The second-order valence-electron chi connectivity index (χ2n) is 8.13. The van der Waals surface area contributed by atoms with Crippen molar-refractivity contribution in [1.29, 1.82) is 0 Å². The predicted molar refractivity (Wildman–Crippen MR) is 132 cm³/mol. The van der Waals surface area contributed by atoms with Gasteiger partial charge in [-0.05, 0) is 50.1 Å². The van der Waals surface area contributed by atoms with E-state index >= 15 is 0 Å². The molecular formula is C23H39IN4O. The van der Waals surface area contributed by atoms with Crippen LogP contribution in [0.15, 0.2) is 35.3 Å². The number of morpholine rings is 1. The summed E-state index contributed by atoms with van der Waals surface area (Å²) in [5.41, 5.74) is 1.49. The van der Waals surface area contributed by atoms with E-state index in [1.807, 2.05) is 0 Å². The average molecular weight is 514 g/mol. The highest BCUT2D eigenvalue weighted by Gasteiger charge is 2.28. The molecule has 0 spiro atoms. The zero-order valence-corrected chi connectivity index (χ0v) is 20.5. The Balaban J connectivity index is 0.00000300. The second kappa shape index (κ2) is 13.4. The number of guanidine groups is 1. The molecule has 2 atom stereocenters. The SMILES string of the molecule is CCNC(=NCCCCN1CCOCC1)N1CCC(c2ccccc2)C(C)C1.I. The quantitative estimate of drug-likeness (QED) is 0.260. The van der Waals surface area contributed by atoms with Crippen molar-refractivity contribution >= 4 is 29.9 Å². The molecule has 1 N–H and O–H groups in total. The fraction of sp³-hybridized carbons (Fsp3) is 0.696. The van der Waals surface area contributed by atoms with E-state index in [9.17, 15) is 0 Å². The Morgan fingerprint density at radius 2 is 1.90 bits per heavy atom. The molecule has 0 radical (unpaired) electrons. The van der Waals surface area contributed by atoms with Gasteiger partial charge in [0.15, 0.2) is 5.96 Å². The number of benzene rings is 1. The summed E-state index contributed by atoms with van der Waals surface area (Å²) in [4.78, 5) is 9.92. The standard InChI is InChI=1S/C23H38N4O.HI/c1-3-24-23(25-12-7-8-13-26-15-17-28-18-16-26)27-14-11-22(20(2)19-27)21-9-5-4-6-10-21;/h4-6,9-10,20,22H,3,7-8,11-19H2,1-2H3,(H,24,25);1H. The zero-order valence-electron chi connectivity index (χ0n) is 18.2. The fourth-order valence-corrected chi connectivity index (χ4v) is 4.42. The molecule has 0 aliphatic carbocycles. The van der Waals surface area contributed by atoms with E-state index in [-0.39, 0.29) is 24.0 Å². The number of nitrogens with one attached hydrogen (secondary N) is 1. The molecule has 164 valence electrons. The number of hydrogen-bond acceptors (Lipinski definition) is 3. The first-order valence-electron chi connectivity index (χ1n) is 11.2. The van der Waals surface area contributed by atoms with Crippen LogP contribution in [0.3, 0.4) is 0 Å². The Hall–Kier alpha value is -0.860. The van der Waals surface area contributed by atoms with Crippen molar-refractivity contribution in [2.24, 2.45) is 10.9 Å². The summed E-state index contributed by atoms with van der Waals surface area (Å²) in [6.07, 6.45) is 3.57. The van der Waals surface area contributed by atoms with Crippen molar-refractivity contribution in [3.63, 3.8) is 0 Å². The third kappa shape index (κ3) is 7.72. The molecule has 2 heterocycles. The number of aliphatic imine (C=N–C) groups is 1. The molecule has 0 bridgehead atoms. The molecule has 29 heavy (non-hydrogen) atoms. The Kier molecular flexibility index (Phi) is 11.3. The molecule has 1 aromatic rings. The summed E-state index contributed by atoms with van der Waals surface area (Å²) in [5.74, 6) is 2.41. The van der Waals surface area contributed by atoms with Crippen molar-refractivity contribution in [3.8, 4) is 0 Å². The first kappa shape index (κ1) is 24.4. The Morgan fingerprint density at radius 3 is 2.59 bits per heavy atom. The van der Waals surface area contributed by atoms with Crippen LogP contribution in [0.5, 0.6) is 0 Å². The third-order valence-corrected chi connectivity index (χ3v) is 6.02. The predicted octanol–water partition coefficient (Wildman–Crippen LogP) is 3.81. The van der Waals surface area contributed by atoms with Crippen LogP contribution in [0.1, 0.15) is 44.6 Å². The minimum Gasteiger partial charge on any atom is -0.379 e. The Bertz CT molecular complexity index is 592. The topological polar surface area (TPSA) is 40.1 Å². The number of unbranched alkanes of at least 4 members (excludes halogenated alkanes) is 1. The van der Waals surface area contributed by atoms with Gasteiger partial charge in [-0.25, -0.2) is 0 Å². The molecule has 2 aliphatic heterocycles. The monoisotopic (exact) mass is 514 g/mol. The van der Waals surface area contributed by atoms with Gasteiger partial charge in [-0.1, -0.05) is 37.3 Å². The lowest BCUT2D eigenvalue weighted by atomic mass is 9.82. The van der Waals surface area contributed by atoms with Gasteiger partial charge >= 0.3 is 0 Å². The second-order valence-corrected chi connectivity index (χ2v) is 8.13. The summed E-state index contributed by atoms with van der Waals surface area (Å²) >= 11 is 0. The van der Waals surface area contributed by atoms with Crippen LogP contribution in [0.4, 0.5) is 0 Å². The van der Waals surface area contributed by atoms with Crippen molar-refractivity contribution in [3.05, 3.63) is 35.9 Å². The van der Waals surface area contributed by atoms with Crippen LogP contribution in [0.2, 0.25) is 0 Å². The molecule has 3 rings (SSSR count). The first-order chi connectivity index (χ1) is 13.8. The van der Waals surface area contributed by atoms with Crippen LogP contribution in [0, 0.1) is 5.92 Å². The number of hydrogen-bond donors (Lipinski definition) is 1. The maximum Gasteiger partial charge on any atom is 0.193 e. The van der Waals surface area contributed by atoms with Gasteiger partial charge in [0.05, 0.1) is 13.2 Å². The van der Waals surface area contributed by atoms with Crippen LogP contribution in [-0.4, -0.2) is 74.8 Å². The van der Waals surface area contributed by atoms with Gasteiger partial charge in [0, 0.05) is 39.3 Å². The van der Waals surface area contributed by atoms with Crippen molar-refractivity contribution < 1.29 is 4.74 Å². The number of nitrogens with zero attached hydrogens (tertiary/aromatic N) is 3. The molecule has 2 unspecified atom stereocenters. The van der Waals surface area contributed by atoms with Gasteiger partial charge in [-0.3, -0.25) is 9.89 Å². The van der Waals surface area contributed by atoms with Crippen LogP contribution in [-0.2, 0) is 4.74 Å². The van der Waals surface area contributed by atoms with Crippen LogP contribution in [0.25, 0.3) is 0 Å². The van der Waals surface area contributed by atoms with Gasteiger partial charge in [0.1, 0.15) is 0 Å². The van der Waals surface area contributed by atoms with Crippen LogP contribution >= 0.6 is 24.0 Å². The molecule has 0 saturated carbocycles. The third-order valence-electron chi connectivity index (χ3n) is 6.02. The smallest absolute Gasteiger partial charge is 0.193 e. The number of halogens is 1. The van der Waals surface area contributed by atoms with E-state index in [1.54, 1.807) is 0 Å². The molecule has 2 saturated heterocycles. The lowest BCUT2D eigenvalue weighted by Gasteiger charge is -2.39. The van der Waals surface area contributed by atoms with Gasteiger partial charge in [-0.15, -0.1) is 24.0 Å². The highest BCUT2D eigenvalue weighted by molar-refractivity contribution is 14.0. The number of likely N-dealkylation sites (tertiary alicyclic amines) is 1. The molecule has 6 heteroatoms. The summed E-state index contributed by atoms with van der Waals surface area (Å²) in [6, 6.07) is 11.0. The number of piperidine rings is 1. The van der Waals surface area contributed by atoms with Gasteiger partial charge < -0.3 is 15.0 Å². The maximum absolute atomic E-state index is 5.42. The molecule has 5 nitrogen and oxygen atoms in total. The number of ether oxygens (including phenoxy) is 1.